The summed E-state index contributed by atoms with van der Waals surface area (Å²) in [6.07, 6.45) is 6.59. The highest BCUT2D eigenvalue weighted by molar-refractivity contribution is 5.94. The Hall–Kier alpha value is -2.96. The van der Waals surface area contributed by atoms with Crippen molar-refractivity contribution in [3.63, 3.8) is 0 Å². The van der Waals surface area contributed by atoms with Gasteiger partial charge in [-0.1, -0.05) is 18.2 Å². The molecule has 0 aliphatic carbocycles. The van der Waals surface area contributed by atoms with E-state index in [2.05, 4.69) is 21.7 Å². The van der Waals surface area contributed by atoms with Gasteiger partial charge in [0.1, 0.15) is 5.82 Å². The molecule has 6 nitrogen and oxygen atoms in total. The van der Waals surface area contributed by atoms with Gasteiger partial charge in [0.2, 0.25) is 0 Å². The van der Waals surface area contributed by atoms with Crippen LogP contribution in [0.1, 0.15) is 28.8 Å². The summed E-state index contributed by atoms with van der Waals surface area (Å²) in [5, 5.41) is 5.42. The molecule has 1 aromatic heterocycles. The van der Waals surface area contributed by atoms with E-state index < -0.39 is 11.7 Å². The van der Waals surface area contributed by atoms with Gasteiger partial charge < -0.3 is 15.5 Å². The SMILES string of the molecule is O=C(NCCNC(=O)N1CCC(Cc2cccnc2)CC1)c1ccccc1F. The largest absolute Gasteiger partial charge is 0.350 e. The van der Waals surface area contributed by atoms with Crippen molar-refractivity contribution in [2.24, 2.45) is 5.92 Å². The number of halogens is 1. The van der Waals surface area contributed by atoms with Crippen LogP contribution >= 0.6 is 0 Å². The fraction of sp³-hybridized carbons (Fsp3) is 0.381. The van der Waals surface area contributed by atoms with Crippen LogP contribution in [-0.2, 0) is 6.42 Å². The number of hydrogen-bond donors (Lipinski definition) is 2. The molecule has 28 heavy (non-hydrogen) atoms. The molecule has 1 aliphatic rings. The minimum Gasteiger partial charge on any atom is -0.350 e. The van der Waals surface area contributed by atoms with Gasteiger partial charge >= 0.3 is 6.03 Å². The maximum absolute atomic E-state index is 13.5. The summed E-state index contributed by atoms with van der Waals surface area (Å²) in [5.41, 5.74) is 1.24. The summed E-state index contributed by atoms with van der Waals surface area (Å²) in [7, 11) is 0. The van der Waals surface area contributed by atoms with Crippen LogP contribution in [0.3, 0.4) is 0 Å². The van der Waals surface area contributed by atoms with Gasteiger partial charge in [-0.05, 0) is 48.9 Å². The van der Waals surface area contributed by atoms with Crippen molar-refractivity contribution in [1.82, 2.24) is 20.5 Å². The minimum absolute atomic E-state index is 0.00418. The smallest absolute Gasteiger partial charge is 0.317 e. The van der Waals surface area contributed by atoms with Crippen molar-refractivity contribution in [2.45, 2.75) is 19.3 Å². The first-order chi connectivity index (χ1) is 13.6. The second-order valence-electron chi connectivity index (χ2n) is 6.96. The van der Waals surface area contributed by atoms with Crippen LogP contribution in [-0.4, -0.2) is 48.0 Å². The van der Waals surface area contributed by atoms with Crippen LogP contribution in [0.2, 0.25) is 0 Å². The minimum atomic E-state index is -0.557. The summed E-state index contributed by atoms with van der Waals surface area (Å²) in [5.74, 6) is -0.477. The predicted molar refractivity (Wildman–Crippen MR) is 104 cm³/mol. The maximum Gasteiger partial charge on any atom is 0.317 e. The average molecular weight is 384 g/mol. The van der Waals surface area contributed by atoms with E-state index in [1.807, 2.05) is 12.3 Å². The third kappa shape index (κ3) is 5.52. The molecular formula is C21H25FN4O2. The number of aromatic nitrogens is 1. The molecule has 3 amide bonds. The molecule has 0 unspecified atom stereocenters. The molecule has 0 bridgehead atoms. The van der Waals surface area contributed by atoms with Gasteiger partial charge in [0.25, 0.3) is 5.91 Å². The molecule has 0 saturated carbocycles. The summed E-state index contributed by atoms with van der Waals surface area (Å²) in [6.45, 7) is 1.99. The molecule has 2 N–H and O–H groups in total. The number of nitrogens with one attached hydrogen (secondary N) is 2. The number of hydrogen-bond acceptors (Lipinski definition) is 3. The normalized spacial score (nSPS) is 14.5. The van der Waals surface area contributed by atoms with Crippen LogP contribution in [0.5, 0.6) is 0 Å². The fourth-order valence-electron chi connectivity index (χ4n) is 3.39. The first kappa shape index (κ1) is 19.8. The summed E-state index contributed by atoms with van der Waals surface area (Å²) in [4.78, 5) is 30.1. The van der Waals surface area contributed by atoms with Gasteiger partial charge in [-0.3, -0.25) is 9.78 Å². The van der Waals surface area contributed by atoms with E-state index >= 15 is 0 Å². The maximum atomic E-state index is 13.5. The monoisotopic (exact) mass is 384 g/mol. The highest BCUT2D eigenvalue weighted by atomic mass is 19.1. The van der Waals surface area contributed by atoms with Crippen molar-refractivity contribution < 1.29 is 14.0 Å². The summed E-state index contributed by atoms with van der Waals surface area (Å²) < 4.78 is 13.5. The fourth-order valence-corrected chi connectivity index (χ4v) is 3.39. The molecule has 1 aromatic carbocycles. The third-order valence-corrected chi connectivity index (χ3v) is 4.95. The Morgan fingerprint density at radius 1 is 1.07 bits per heavy atom. The first-order valence-corrected chi connectivity index (χ1v) is 9.58. The molecule has 3 rings (SSSR count). The number of urea groups is 1. The molecular weight excluding hydrogens is 359 g/mol. The Balaban J connectivity index is 1.33. The zero-order valence-electron chi connectivity index (χ0n) is 15.7. The number of likely N-dealkylation sites (tertiary alicyclic amines) is 1. The summed E-state index contributed by atoms with van der Waals surface area (Å²) in [6, 6.07) is 9.72. The molecule has 0 spiro atoms. The van der Waals surface area contributed by atoms with Crippen molar-refractivity contribution >= 4 is 11.9 Å². The lowest BCUT2D eigenvalue weighted by atomic mass is 9.91. The average Bonchev–Trinajstić information content (AvgIpc) is 2.72. The zero-order valence-corrected chi connectivity index (χ0v) is 15.7. The van der Waals surface area contributed by atoms with E-state index in [0.717, 1.165) is 32.4 Å². The zero-order chi connectivity index (χ0) is 19.8. The van der Waals surface area contributed by atoms with E-state index in [1.54, 1.807) is 17.2 Å². The highest BCUT2D eigenvalue weighted by Crippen LogP contribution is 2.21. The van der Waals surface area contributed by atoms with Gasteiger partial charge in [0.05, 0.1) is 5.56 Å². The number of benzene rings is 1. The molecule has 2 heterocycles. The Labute approximate surface area is 164 Å². The van der Waals surface area contributed by atoms with E-state index in [9.17, 15) is 14.0 Å². The second kappa shape index (κ2) is 9.82. The van der Waals surface area contributed by atoms with Crippen LogP contribution < -0.4 is 10.6 Å². The van der Waals surface area contributed by atoms with E-state index in [0.29, 0.717) is 12.5 Å². The Kier molecular flexibility index (Phi) is 6.94. The number of pyridine rings is 1. The lowest BCUT2D eigenvalue weighted by Crippen LogP contribution is -2.46. The van der Waals surface area contributed by atoms with Gasteiger partial charge in [0, 0.05) is 38.6 Å². The quantitative estimate of drug-likeness (QED) is 0.752. The molecule has 0 atom stereocenters. The first-order valence-electron chi connectivity index (χ1n) is 9.58. The number of rotatable bonds is 6. The number of piperidine rings is 1. The van der Waals surface area contributed by atoms with Gasteiger partial charge in [-0.2, -0.15) is 0 Å². The lowest BCUT2D eigenvalue weighted by molar-refractivity contribution is 0.0949. The van der Waals surface area contributed by atoms with Crippen molar-refractivity contribution in [1.29, 1.82) is 0 Å². The van der Waals surface area contributed by atoms with Crippen LogP contribution in [0.15, 0.2) is 48.8 Å². The van der Waals surface area contributed by atoms with E-state index in [4.69, 9.17) is 0 Å². The number of carbonyl (C=O) groups excluding carboxylic acids is 2. The summed E-state index contributed by atoms with van der Waals surface area (Å²) >= 11 is 0. The van der Waals surface area contributed by atoms with Gasteiger partial charge in [-0.25, -0.2) is 9.18 Å². The van der Waals surface area contributed by atoms with Crippen molar-refractivity contribution in [2.75, 3.05) is 26.2 Å². The number of nitrogens with zero attached hydrogens (tertiary/aromatic N) is 2. The van der Waals surface area contributed by atoms with E-state index in [-0.39, 0.29) is 18.1 Å². The highest BCUT2D eigenvalue weighted by Gasteiger charge is 2.22. The topological polar surface area (TPSA) is 74.3 Å². The third-order valence-electron chi connectivity index (χ3n) is 4.95. The number of amides is 3. The Bertz CT molecular complexity index is 792. The molecule has 2 aromatic rings. The molecule has 0 radical (unpaired) electrons. The standard InChI is InChI=1S/C21H25FN4O2/c22-19-6-2-1-5-18(19)20(27)24-10-11-25-21(28)26-12-7-16(8-13-26)14-17-4-3-9-23-15-17/h1-6,9,15-16H,7-8,10-14H2,(H,24,27)(H,25,28). The molecule has 1 aliphatic heterocycles. The predicted octanol–water partition coefficient (Wildman–Crippen LogP) is 2.61. The van der Waals surface area contributed by atoms with Crippen molar-refractivity contribution in [3.8, 4) is 0 Å². The molecule has 148 valence electrons. The van der Waals surface area contributed by atoms with E-state index in [1.165, 1.54) is 23.8 Å². The molecule has 1 fully saturated rings. The van der Waals surface area contributed by atoms with Gasteiger partial charge in [-0.15, -0.1) is 0 Å². The Morgan fingerprint density at radius 2 is 1.82 bits per heavy atom. The molecule has 1 saturated heterocycles. The van der Waals surface area contributed by atoms with Crippen LogP contribution in [0.4, 0.5) is 9.18 Å². The molecule has 7 heteroatoms. The second-order valence-corrected chi connectivity index (χ2v) is 6.96. The van der Waals surface area contributed by atoms with Crippen LogP contribution in [0.25, 0.3) is 0 Å². The van der Waals surface area contributed by atoms with Crippen molar-refractivity contribution in [3.05, 3.63) is 65.7 Å². The lowest BCUT2D eigenvalue weighted by Gasteiger charge is -2.32. The van der Waals surface area contributed by atoms with Gasteiger partial charge in [0.15, 0.2) is 0 Å². The van der Waals surface area contributed by atoms with Crippen LogP contribution in [0, 0.1) is 11.7 Å². The number of carbonyl (C=O) groups is 2. The Morgan fingerprint density at radius 3 is 2.54 bits per heavy atom.